The van der Waals surface area contributed by atoms with Crippen LogP contribution in [0.3, 0.4) is 0 Å². The van der Waals surface area contributed by atoms with Crippen LogP contribution in [0.2, 0.25) is 0 Å². The Bertz CT molecular complexity index is 276. The van der Waals surface area contributed by atoms with Crippen molar-refractivity contribution in [2.45, 2.75) is 20.3 Å². The Hall–Kier alpha value is -1.16. The SMILES string of the molecule is CC(C)COc1cc(CCN)ncn1. The van der Waals surface area contributed by atoms with Gasteiger partial charge in [0.2, 0.25) is 5.88 Å². The number of hydrogen-bond acceptors (Lipinski definition) is 4. The van der Waals surface area contributed by atoms with Gasteiger partial charge in [0, 0.05) is 18.2 Å². The van der Waals surface area contributed by atoms with E-state index in [1.807, 2.05) is 6.07 Å². The Morgan fingerprint density at radius 2 is 2.21 bits per heavy atom. The summed E-state index contributed by atoms with van der Waals surface area (Å²) in [6.07, 6.45) is 2.28. The van der Waals surface area contributed by atoms with E-state index in [-0.39, 0.29) is 0 Å². The normalized spacial score (nSPS) is 10.6. The van der Waals surface area contributed by atoms with Gasteiger partial charge in [-0.15, -0.1) is 0 Å². The average Bonchev–Trinajstić information content (AvgIpc) is 2.16. The minimum atomic E-state index is 0.503. The van der Waals surface area contributed by atoms with Gasteiger partial charge in [-0.1, -0.05) is 13.8 Å². The van der Waals surface area contributed by atoms with Crippen molar-refractivity contribution in [3.63, 3.8) is 0 Å². The molecule has 0 fully saturated rings. The molecule has 0 unspecified atom stereocenters. The molecule has 78 valence electrons. The molecule has 4 nitrogen and oxygen atoms in total. The predicted octanol–water partition coefficient (Wildman–Crippen LogP) is 1.01. The van der Waals surface area contributed by atoms with Crippen LogP contribution in [-0.4, -0.2) is 23.1 Å². The number of rotatable bonds is 5. The second kappa shape index (κ2) is 5.54. The molecule has 0 bridgehead atoms. The van der Waals surface area contributed by atoms with E-state index in [0.29, 0.717) is 24.9 Å². The summed E-state index contributed by atoms with van der Waals surface area (Å²) in [7, 11) is 0. The molecule has 0 aliphatic carbocycles. The Morgan fingerprint density at radius 3 is 2.86 bits per heavy atom. The fraction of sp³-hybridized carbons (Fsp3) is 0.600. The molecule has 0 aliphatic rings. The fourth-order valence-corrected chi connectivity index (χ4v) is 0.993. The zero-order valence-electron chi connectivity index (χ0n) is 8.73. The van der Waals surface area contributed by atoms with Crippen molar-refractivity contribution in [1.82, 2.24) is 9.97 Å². The monoisotopic (exact) mass is 195 g/mol. The van der Waals surface area contributed by atoms with Crippen LogP contribution >= 0.6 is 0 Å². The number of nitrogens with two attached hydrogens (primary N) is 1. The highest BCUT2D eigenvalue weighted by atomic mass is 16.5. The first-order valence-corrected chi connectivity index (χ1v) is 4.86. The van der Waals surface area contributed by atoms with Gasteiger partial charge in [-0.05, 0) is 12.5 Å². The lowest BCUT2D eigenvalue weighted by Gasteiger charge is -2.07. The van der Waals surface area contributed by atoms with Crippen LogP contribution in [0.1, 0.15) is 19.5 Å². The molecule has 4 heteroatoms. The van der Waals surface area contributed by atoms with Gasteiger partial charge >= 0.3 is 0 Å². The van der Waals surface area contributed by atoms with Crippen LogP contribution in [0.15, 0.2) is 12.4 Å². The molecule has 14 heavy (non-hydrogen) atoms. The fourth-order valence-electron chi connectivity index (χ4n) is 0.993. The van der Waals surface area contributed by atoms with E-state index in [2.05, 4.69) is 23.8 Å². The van der Waals surface area contributed by atoms with Crippen molar-refractivity contribution in [2.75, 3.05) is 13.2 Å². The standard InChI is InChI=1S/C10H17N3O/c1-8(2)6-14-10-5-9(3-4-11)12-7-13-10/h5,7-8H,3-4,6,11H2,1-2H3. The average molecular weight is 195 g/mol. The van der Waals surface area contributed by atoms with Crippen LogP contribution in [-0.2, 0) is 6.42 Å². The highest BCUT2D eigenvalue weighted by molar-refractivity contribution is 5.13. The molecule has 1 aromatic rings. The number of hydrogen-bond donors (Lipinski definition) is 1. The molecule has 0 aliphatic heterocycles. The first-order valence-electron chi connectivity index (χ1n) is 4.86. The minimum Gasteiger partial charge on any atom is -0.477 e. The molecule has 0 aromatic carbocycles. The molecule has 0 amide bonds. The first-order chi connectivity index (χ1) is 6.72. The molecule has 0 radical (unpaired) electrons. The second-order valence-electron chi connectivity index (χ2n) is 3.59. The quantitative estimate of drug-likeness (QED) is 0.761. The van der Waals surface area contributed by atoms with E-state index in [1.54, 1.807) is 0 Å². The summed E-state index contributed by atoms with van der Waals surface area (Å²) in [5.41, 5.74) is 6.36. The lowest BCUT2D eigenvalue weighted by molar-refractivity contribution is 0.260. The Morgan fingerprint density at radius 1 is 1.43 bits per heavy atom. The van der Waals surface area contributed by atoms with Crippen LogP contribution in [0.25, 0.3) is 0 Å². The molecule has 0 spiro atoms. The molecule has 1 heterocycles. The third-order valence-electron chi connectivity index (χ3n) is 1.66. The van der Waals surface area contributed by atoms with Gasteiger partial charge in [0.15, 0.2) is 0 Å². The van der Waals surface area contributed by atoms with Crippen molar-refractivity contribution in [3.8, 4) is 5.88 Å². The van der Waals surface area contributed by atoms with E-state index in [0.717, 1.165) is 12.1 Å². The summed E-state index contributed by atoms with van der Waals surface area (Å²) in [5, 5.41) is 0. The summed E-state index contributed by atoms with van der Waals surface area (Å²) in [4.78, 5) is 8.10. The van der Waals surface area contributed by atoms with Crippen LogP contribution in [0.4, 0.5) is 0 Å². The van der Waals surface area contributed by atoms with E-state index in [1.165, 1.54) is 6.33 Å². The Balaban J connectivity index is 2.54. The summed E-state index contributed by atoms with van der Waals surface area (Å²) in [6, 6.07) is 1.84. The van der Waals surface area contributed by atoms with Crippen molar-refractivity contribution >= 4 is 0 Å². The summed E-state index contributed by atoms with van der Waals surface area (Å²) < 4.78 is 5.46. The lowest BCUT2D eigenvalue weighted by atomic mass is 10.2. The summed E-state index contributed by atoms with van der Waals surface area (Å²) >= 11 is 0. The molecular formula is C10H17N3O. The van der Waals surface area contributed by atoms with Gasteiger partial charge in [0.05, 0.1) is 6.61 Å². The Kier molecular flexibility index (Phi) is 4.32. The van der Waals surface area contributed by atoms with Crippen molar-refractivity contribution in [2.24, 2.45) is 11.7 Å². The number of ether oxygens (including phenoxy) is 1. The molecular weight excluding hydrogens is 178 g/mol. The predicted molar refractivity (Wildman–Crippen MR) is 55.1 cm³/mol. The van der Waals surface area contributed by atoms with E-state index in [9.17, 15) is 0 Å². The smallest absolute Gasteiger partial charge is 0.216 e. The van der Waals surface area contributed by atoms with Gasteiger partial charge in [0.1, 0.15) is 6.33 Å². The number of aromatic nitrogens is 2. The van der Waals surface area contributed by atoms with Crippen molar-refractivity contribution in [1.29, 1.82) is 0 Å². The molecule has 0 saturated heterocycles. The molecule has 1 aromatic heterocycles. The molecule has 1 rings (SSSR count). The van der Waals surface area contributed by atoms with Gasteiger partial charge in [0.25, 0.3) is 0 Å². The van der Waals surface area contributed by atoms with Gasteiger partial charge in [-0.2, -0.15) is 0 Å². The highest BCUT2D eigenvalue weighted by Gasteiger charge is 2.00. The zero-order valence-corrected chi connectivity index (χ0v) is 8.73. The third-order valence-corrected chi connectivity index (χ3v) is 1.66. The van der Waals surface area contributed by atoms with E-state index >= 15 is 0 Å². The van der Waals surface area contributed by atoms with Gasteiger partial charge in [-0.3, -0.25) is 0 Å². The van der Waals surface area contributed by atoms with E-state index < -0.39 is 0 Å². The molecule has 0 saturated carbocycles. The number of nitrogens with zero attached hydrogens (tertiary/aromatic N) is 2. The Labute approximate surface area is 84.5 Å². The maximum atomic E-state index is 5.46. The highest BCUT2D eigenvalue weighted by Crippen LogP contribution is 2.08. The summed E-state index contributed by atoms with van der Waals surface area (Å²) in [5.74, 6) is 1.14. The summed E-state index contributed by atoms with van der Waals surface area (Å²) in [6.45, 7) is 5.48. The van der Waals surface area contributed by atoms with Gasteiger partial charge in [-0.25, -0.2) is 9.97 Å². The van der Waals surface area contributed by atoms with Crippen molar-refractivity contribution < 1.29 is 4.74 Å². The van der Waals surface area contributed by atoms with Gasteiger partial charge < -0.3 is 10.5 Å². The lowest BCUT2D eigenvalue weighted by Crippen LogP contribution is -2.08. The third kappa shape index (κ3) is 3.70. The molecule has 0 atom stereocenters. The first kappa shape index (κ1) is 10.9. The molecule has 2 N–H and O–H groups in total. The second-order valence-corrected chi connectivity index (χ2v) is 3.59. The van der Waals surface area contributed by atoms with E-state index in [4.69, 9.17) is 10.5 Å². The zero-order chi connectivity index (χ0) is 10.4. The van der Waals surface area contributed by atoms with Crippen molar-refractivity contribution in [3.05, 3.63) is 18.1 Å². The largest absolute Gasteiger partial charge is 0.477 e. The topological polar surface area (TPSA) is 61.0 Å². The maximum absolute atomic E-state index is 5.46. The van der Waals surface area contributed by atoms with Crippen LogP contribution in [0.5, 0.6) is 5.88 Å². The maximum Gasteiger partial charge on any atom is 0.216 e. The minimum absolute atomic E-state index is 0.503. The van der Waals surface area contributed by atoms with Crippen LogP contribution in [0, 0.1) is 5.92 Å². The van der Waals surface area contributed by atoms with Crippen LogP contribution < -0.4 is 10.5 Å².